The van der Waals surface area contributed by atoms with E-state index < -0.39 is 11.7 Å². The lowest BCUT2D eigenvalue weighted by atomic mass is 9.93. The predicted molar refractivity (Wildman–Crippen MR) is 141 cm³/mol. The van der Waals surface area contributed by atoms with E-state index in [-0.39, 0.29) is 35.0 Å². The molecule has 5 nitrogen and oxygen atoms in total. The smallest absolute Gasteiger partial charge is 0.353 e. The van der Waals surface area contributed by atoms with Crippen molar-refractivity contribution in [3.8, 4) is 0 Å². The predicted octanol–water partition coefficient (Wildman–Crippen LogP) is 6.82. The summed E-state index contributed by atoms with van der Waals surface area (Å²) in [5, 5.41) is 3.62. The molecule has 0 radical (unpaired) electrons. The lowest BCUT2D eigenvalue weighted by Crippen LogP contribution is -2.44. The number of likely N-dealkylation sites (tertiary alicyclic amines) is 1. The topological polar surface area (TPSA) is 52.7 Å². The highest BCUT2D eigenvalue weighted by Gasteiger charge is 2.33. The van der Waals surface area contributed by atoms with E-state index in [2.05, 4.69) is 5.32 Å². The van der Waals surface area contributed by atoms with Gasteiger partial charge < -0.3 is 14.5 Å². The largest absolute Gasteiger partial charge is 0.416 e. The van der Waals surface area contributed by atoms with Gasteiger partial charge in [0.1, 0.15) is 6.54 Å². The zero-order valence-electron chi connectivity index (χ0n) is 20.1. The molecule has 0 aromatic heterocycles. The number of alkyl halides is 3. The van der Waals surface area contributed by atoms with Gasteiger partial charge in [0.25, 0.3) is 0 Å². The molecule has 2 aromatic rings. The van der Waals surface area contributed by atoms with Crippen LogP contribution >= 0.6 is 35.1 Å². The average Bonchev–Trinajstić information content (AvgIpc) is 3.67. The highest BCUT2D eigenvalue weighted by Crippen LogP contribution is 2.39. The third-order valence-electron chi connectivity index (χ3n) is 6.44. The van der Waals surface area contributed by atoms with Crippen LogP contribution in [0.3, 0.4) is 0 Å². The fourth-order valence-corrected chi connectivity index (χ4v) is 5.61. The summed E-state index contributed by atoms with van der Waals surface area (Å²) < 4.78 is 41.8. The van der Waals surface area contributed by atoms with E-state index in [0.717, 1.165) is 49.8 Å². The molecular formula is C26H28Cl2F3N3O2S. The summed E-state index contributed by atoms with van der Waals surface area (Å²) in [6.07, 6.45) is 0.409. The van der Waals surface area contributed by atoms with E-state index in [0.29, 0.717) is 41.9 Å². The van der Waals surface area contributed by atoms with Crippen molar-refractivity contribution in [2.75, 3.05) is 23.9 Å². The summed E-state index contributed by atoms with van der Waals surface area (Å²) in [4.78, 5) is 27.9. The van der Waals surface area contributed by atoms with Crippen molar-refractivity contribution >= 4 is 52.7 Å². The molecule has 4 rings (SSSR count). The van der Waals surface area contributed by atoms with Gasteiger partial charge in [0.2, 0.25) is 11.8 Å². The van der Waals surface area contributed by atoms with E-state index >= 15 is 0 Å². The summed E-state index contributed by atoms with van der Waals surface area (Å²) in [5.74, 6) is 0.0509. The molecule has 1 aliphatic carbocycles. The maximum Gasteiger partial charge on any atom is 0.416 e. The number of carbonyl (C=O) groups excluding carboxylic acids is 2. The Balaban J connectivity index is 1.47. The quantitative estimate of drug-likeness (QED) is 0.334. The number of benzene rings is 2. The Morgan fingerprint density at radius 1 is 1.08 bits per heavy atom. The van der Waals surface area contributed by atoms with Crippen LogP contribution in [0.4, 0.5) is 18.9 Å². The van der Waals surface area contributed by atoms with Crippen LogP contribution in [0.2, 0.25) is 10.0 Å². The Kier molecular flexibility index (Phi) is 9.19. The Labute approximate surface area is 228 Å². The normalized spacial score (nSPS) is 18.0. The van der Waals surface area contributed by atoms with Crippen molar-refractivity contribution in [3.05, 3.63) is 58.1 Å². The molecule has 2 aliphatic rings. The van der Waals surface area contributed by atoms with Gasteiger partial charge in [-0.05, 0) is 92.4 Å². The fraction of sp³-hybridized carbons (Fsp3) is 0.462. The van der Waals surface area contributed by atoms with Crippen LogP contribution in [0.5, 0.6) is 0 Å². The minimum atomic E-state index is -4.55. The highest BCUT2D eigenvalue weighted by atomic mass is 35.5. The Bertz CT molecular complexity index is 1110. The molecule has 1 atom stereocenters. The molecule has 1 N–H and O–H groups in total. The van der Waals surface area contributed by atoms with Gasteiger partial charge in [-0.25, -0.2) is 0 Å². The SMILES string of the molecule is O=C(CCC1CCCN(C(=O)CN(Sc2ccc(Cl)cc2)c2cc(C(F)(F)F)ccc2Cl)C1)NC1CC1. The number of nitrogens with zero attached hydrogens (tertiary/aromatic N) is 2. The summed E-state index contributed by atoms with van der Waals surface area (Å²) in [5.41, 5.74) is -0.737. The standard InChI is InChI=1S/C26H28Cl2F3N3O2S/c27-19-5-9-21(10-6-19)37-34(23-14-18(26(29,30)31)4-11-22(23)28)16-25(36)33-13-1-2-17(15-33)3-12-24(35)32-20-7-8-20/h4-6,9-11,14,17,20H,1-3,7-8,12-13,15-16H2,(H,32,35). The number of amides is 2. The Hall–Kier alpha value is -2.10. The molecule has 0 spiro atoms. The van der Waals surface area contributed by atoms with E-state index in [1.54, 1.807) is 29.2 Å². The second-order valence-corrected chi connectivity index (χ2v) is 11.4. The number of rotatable bonds is 9. The second kappa shape index (κ2) is 12.2. The Morgan fingerprint density at radius 2 is 1.81 bits per heavy atom. The van der Waals surface area contributed by atoms with Gasteiger partial charge in [-0.1, -0.05) is 23.2 Å². The Morgan fingerprint density at radius 3 is 2.49 bits per heavy atom. The number of carbonyl (C=O) groups is 2. The molecule has 1 saturated heterocycles. The van der Waals surface area contributed by atoms with Crippen molar-refractivity contribution in [2.24, 2.45) is 5.92 Å². The molecule has 11 heteroatoms. The van der Waals surface area contributed by atoms with Gasteiger partial charge in [-0.15, -0.1) is 0 Å². The number of piperidine rings is 1. The summed E-state index contributed by atoms with van der Waals surface area (Å²) in [6.45, 7) is 0.925. The molecule has 1 heterocycles. The summed E-state index contributed by atoms with van der Waals surface area (Å²) >= 11 is 13.4. The minimum absolute atomic E-state index is 0.0516. The zero-order chi connectivity index (χ0) is 26.6. The molecule has 2 fully saturated rings. The molecule has 2 aromatic carbocycles. The van der Waals surface area contributed by atoms with Crippen LogP contribution in [-0.2, 0) is 15.8 Å². The molecule has 200 valence electrons. The van der Waals surface area contributed by atoms with Crippen molar-refractivity contribution in [2.45, 2.75) is 55.6 Å². The maximum absolute atomic E-state index is 13.4. The van der Waals surface area contributed by atoms with E-state index in [1.165, 1.54) is 10.4 Å². The minimum Gasteiger partial charge on any atom is -0.353 e. The second-order valence-electron chi connectivity index (χ2n) is 9.47. The van der Waals surface area contributed by atoms with Gasteiger partial charge in [0, 0.05) is 35.5 Å². The van der Waals surface area contributed by atoms with Crippen LogP contribution in [0.25, 0.3) is 0 Å². The number of anilines is 1. The monoisotopic (exact) mass is 573 g/mol. The highest BCUT2D eigenvalue weighted by molar-refractivity contribution is 8.00. The van der Waals surface area contributed by atoms with Crippen LogP contribution in [-0.4, -0.2) is 42.4 Å². The molecule has 0 bridgehead atoms. The molecule has 2 amide bonds. The first-order chi connectivity index (χ1) is 17.6. The number of hydrogen-bond donors (Lipinski definition) is 1. The molecular weight excluding hydrogens is 546 g/mol. The van der Waals surface area contributed by atoms with Crippen molar-refractivity contribution in [1.29, 1.82) is 0 Å². The lowest BCUT2D eigenvalue weighted by molar-refractivity contribution is -0.137. The summed E-state index contributed by atoms with van der Waals surface area (Å²) in [7, 11) is 0. The van der Waals surface area contributed by atoms with E-state index in [1.807, 2.05) is 0 Å². The van der Waals surface area contributed by atoms with Gasteiger partial charge >= 0.3 is 6.18 Å². The van der Waals surface area contributed by atoms with Crippen LogP contribution in [0, 0.1) is 5.92 Å². The molecule has 1 saturated carbocycles. The van der Waals surface area contributed by atoms with Crippen molar-refractivity contribution in [1.82, 2.24) is 10.2 Å². The average molecular weight is 574 g/mol. The third kappa shape index (κ3) is 8.19. The van der Waals surface area contributed by atoms with Crippen molar-refractivity contribution in [3.63, 3.8) is 0 Å². The zero-order valence-corrected chi connectivity index (χ0v) is 22.4. The first-order valence-electron chi connectivity index (χ1n) is 12.2. The lowest BCUT2D eigenvalue weighted by Gasteiger charge is -2.34. The molecule has 1 aliphatic heterocycles. The van der Waals surface area contributed by atoms with Gasteiger partial charge in [0.15, 0.2) is 0 Å². The van der Waals surface area contributed by atoms with E-state index in [4.69, 9.17) is 23.2 Å². The first kappa shape index (κ1) is 27.9. The summed E-state index contributed by atoms with van der Waals surface area (Å²) in [6, 6.07) is 10.2. The van der Waals surface area contributed by atoms with Crippen LogP contribution in [0.15, 0.2) is 47.4 Å². The van der Waals surface area contributed by atoms with Gasteiger partial charge in [-0.2, -0.15) is 13.2 Å². The number of nitrogens with one attached hydrogen (secondary N) is 1. The van der Waals surface area contributed by atoms with Crippen molar-refractivity contribution < 1.29 is 22.8 Å². The third-order valence-corrected chi connectivity index (χ3v) is 8.04. The van der Waals surface area contributed by atoms with Crippen LogP contribution < -0.4 is 9.62 Å². The van der Waals surface area contributed by atoms with Crippen LogP contribution in [0.1, 0.15) is 44.1 Å². The number of hydrogen-bond acceptors (Lipinski definition) is 4. The maximum atomic E-state index is 13.4. The fourth-order valence-electron chi connectivity index (χ4n) is 4.28. The first-order valence-corrected chi connectivity index (χ1v) is 13.8. The van der Waals surface area contributed by atoms with E-state index in [9.17, 15) is 22.8 Å². The number of halogens is 5. The molecule has 1 unspecified atom stereocenters. The molecule has 37 heavy (non-hydrogen) atoms. The van der Waals surface area contributed by atoms with Gasteiger partial charge in [-0.3, -0.25) is 9.59 Å². The van der Waals surface area contributed by atoms with Gasteiger partial charge in [0.05, 0.1) is 16.3 Å².